The standard InChI is InChI=1S/C8H14O2/c1-4-6-8(7(3)9)10-5-2/h6H,4-5H2,1-3H3/b8-6-. The van der Waals surface area contributed by atoms with E-state index in [2.05, 4.69) is 0 Å². The molecule has 2 nitrogen and oxygen atoms in total. The maximum absolute atomic E-state index is 10.7. The Labute approximate surface area is 61.9 Å². The minimum Gasteiger partial charge on any atom is -0.491 e. The molecule has 0 atom stereocenters. The van der Waals surface area contributed by atoms with Crippen molar-refractivity contribution in [1.82, 2.24) is 0 Å². The largest absolute Gasteiger partial charge is 0.491 e. The predicted octanol–water partition coefficient (Wildman–Crippen LogP) is 1.91. The average Bonchev–Trinajstić information content (AvgIpc) is 1.87. The maximum atomic E-state index is 10.7. The van der Waals surface area contributed by atoms with Crippen molar-refractivity contribution in [1.29, 1.82) is 0 Å². The lowest BCUT2D eigenvalue weighted by atomic mass is 10.3. The number of ketones is 1. The van der Waals surface area contributed by atoms with Gasteiger partial charge in [-0.05, 0) is 19.4 Å². The van der Waals surface area contributed by atoms with Crippen molar-refractivity contribution in [3.63, 3.8) is 0 Å². The third kappa shape index (κ3) is 3.28. The van der Waals surface area contributed by atoms with Gasteiger partial charge >= 0.3 is 0 Å². The van der Waals surface area contributed by atoms with Gasteiger partial charge in [-0.15, -0.1) is 0 Å². The molecule has 0 radical (unpaired) electrons. The number of hydrogen-bond acceptors (Lipinski definition) is 2. The zero-order valence-corrected chi connectivity index (χ0v) is 6.81. The number of carbonyl (C=O) groups is 1. The molecule has 0 aliphatic heterocycles. The van der Waals surface area contributed by atoms with Gasteiger partial charge in [0, 0.05) is 6.92 Å². The van der Waals surface area contributed by atoms with Crippen LogP contribution in [0.5, 0.6) is 0 Å². The van der Waals surface area contributed by atoms with Gasteiger partial charge in [-0.1, -0.05) is 6.92 Å². The SMILES string of the molecule is CC/C=C(\OCC)C(C)=O. The van der Waals surface area contributed by atoms with E-state index in [1.54, 1.807) is 6.08 Å². The number of Topliss-reactive ketones (excluding diaryl/α,β-unsaturated/α-hetero) is 1. The second kappa shape index (κ2) is 5.03. The van der Waals surface area contributed by atoms with Crippen LogP contribution >= 0.6 is 0 Å². The van der Waals surface area contributed by atoms with Crippen molar-refractivity contribution >= 4 is 5.78 Å². The highest BCUT2D eigenvalue weighted by Gasteiger charge is 2.00. The first kappa shape index (κ1) is 9.21. The van der Waals surface area contributed by atoms with E-state index in [9.17, 15) is 4.79 Å². The lowest BCUT2D eigenvalue weighted by Crippen LogP contribution is -2.01. The van der Waals surface area contributed by atoms with Crippen LogP contribution in [0.15, 0.2) is 11.8 Å². The summed E-state index contributed by atoms with van der Waals surface area (Å²) in [6, 6.07) is 0. The van der Waals surface area contributed by atoms with E-state index in [0.717, 1.165) is 6.42 Å². The molecule has 0 unspecified atom stereocenters. The lowest BCUT2D eigenvalue weighted by molar-refractivity contribution is -0.116. The zero-order chi connectivity index (χ0) is 7.98. The monoisotopic (exact) mass is 142 g/mol. The van der Waals surface area contributed by atoms with E-state index in [1.807, 2.05) is 13.8 Å². The van der Waals surface area contributed by atoms with Gasteiger partial charge in [-0.25, -0.2) is 0 Å². The third-order valence-corrected chi connectivity index (χ3v) is 1.04. The molecule has 0 amide bonds. The molecule has 0 aliphatic carbocycles. The lowest BCUT2D eigenvalue weighted by Gasteiger charge is -2.02. The van der Waals surface area contributed by atoms with Crippen molar-refractivity contribution < 1.29 is 9.53 Å². The first-order valence-corrected chi connectivity index (χ1v) is 3.56. The first-order chi connectivity index (χ1) is 4.72. The fourth-order valence-corrected chi connectivity index (χ4v) is 0.645. The van der Waals surface area contributed by atoms with Crippen LogP contribution in [0.1, 0.15) is 27.2 Å². The molecule has 0 spiro atoms. The summed E-state index contributed by atoms with van der Waals surface area (Å²) in [6.07, 6.45) is 2.64. The Morgan fingerprint density at radius 1 is 1.50 bits per heavy atom. The molecular weight excluding hydrogens is 128 g/mol. The van der Waals surface area contributed by atoms with Gasteiger partial charge in [0.05, 0.1) is 6.61 Å². The molecule has 0 aliphatic rings. The Balaban J connectivity index is 3.98. The molecule has 0 aromatic heterocycles. The van der Waals surface area contributed by atoms with E-state index in [4.69, 9.17) is 4.74 Å². The molecule has 10 heavy (non-hydrogen) atoms. The van der Waals surface area contributed by atoms with Gasteiger partial charge in [0.15, 0.2) is 11.5 Å². The van der Waals surface area contributed by atoms with E-state index in [1.165, 1.54) is 6.92 Å². The summed E-state index contributed by atoms with van der Waals surface area (Å²) in [5.41, 5.74) is 0. The molecule has 0 rings (SSSR count). The van der Waals surface area contributed by atoms with E-state index >= 15 is 0 Å². The topological polar surface area (TPSA) is 26.3 Å². The fourth-order valence-electron chi connectivity index (χ4n) is 0.645. The second-order valence-corrected chi connectivity index (χ2v) is 1.97. The molecule has 0 N–H and O–H groups in total. The molecule has 58 valence electrons. The van der Waals surface area contributed by atoms with Gasteiger partial charge in [0.25, 0.3) is 0 Å². The average molecular weight is 142 g/mol. The highest BCUT2D eigenvalue weighted by atomic mass is 16.5. The molecule has 0 fully saturated rings. The van der Waals surface area contributed by atoms with Gasteiger partial charge in [-0.2, -0.15) is 0 Å². The zero-order valence-electron chi connectivity index (χ0n) is 6.81. The number of hydrogen-bond donors (Lipinski definition) is 0. The predicted molar refractivity (Wildman–Crippen MR) is 40.7 cm³/mol. The quantitative estimate of drug-likeness (QED) is 0.442. The Kier molecular flexibility index (Phi) is 4.63. The van der Waals surface area contributed by atoms with Crippen LogP contribution < -0.4 is 0 Å². The summed E-state index contributed by atoms with van der Waals surface area (Å²) < 4.78 is 5.06. The maximum Gasteiger partial charge on any atom is 0.193 e. The van der Waals surface area contributed by atoms with Crippen molar-refractivity contribution in [3.05, 3.63) is 11.8 Å². The van der Waals surface area contributed by atoms with E-state index in [-0.39, 0.29) is 5.78 Å². The van der Waals surface area contributed by atoms with Crippen molar-refractivity contribution in [3.8, 4) is 0 Å². The Hall–Kier alpha value is -0.790. The molecule has 0 aromatic rings. The summed E-state index contributed by atoms with van der Waals surface area (Å²) in [7, 11) is 0. The number of allylic oxidation sites excluding steroid dienone is 2. The highest BCUT2D eigenvalue weighted by molar-refractivity contribution is 5.91. The molecule has 0 bridgehead atoms. The summed E-state index contributed by atoms with van der Waals surface area (Å²) >= 11 is 0. The van der Waals surface area contributed by atoms with Crippen molar-refractivity contribution in [2.24, 2.45) is 0 Å². The Bertz CT molecular complexity index is 136. The molecule has 0 heterocycles. The van der Waals surface area contributed by atoms with Crippen molar-refractivity contribution in [2.45, 2.75) is 27.2 Å². The van der Waals surface area contributed by atoms with Crippen LogP contribution in [-0.4, -0.2) is 12.4 Å². The van der Waals surface area contributed by atoms with Gasteiger partial charge in [0.1, 0.15) is 0 Å². The summed E-state index contributed by atoms with van der Waals surface area (Å²) in [4.78, 5) is 10.7. The van der Waals surface area contributed by atoms with Crippen LogP contribution in [0.25, 0.3) is 0 Å². The number of rotatable bonds is 4. The molecular formula is C8H14O2. The first-order valence-electron chi connectivity index (χ1n) is 3.56. The smallest absolute Gasteiger partial charge is 0.193 e. The van der Waals surface area contributed by atoms with Gasteiger partial charge in [0.2, 0.25) is 0 Å². The summed E-state index contributed by atoms with van der Waals surface area (Å²) in [5.74, 6) is 0.494. The highest BCUT2D eigenvalue weighted by Crippen LogP contribution is 1.99. The Morgan fingerprint density at radius 3 is 2.40 bits per heavy atom. The molecule has 0 saturated carbocycles. The van der Waals surface area contributed by atoms with Crippen LogP contribution in [0, 0.1) is 0 Å². The van der Waals surface area contributed by atoms with Crippen LogP contribution in [-0.2, 0) is 9.53 Å². The summed E-state index contributed by atoms with van der Waals surface area (Å²) in [5, 5.41) is 0. The van der Waals surface area contributed by atoms with Gasteiger partial charge in [-0.3, -0.25) is 4.79 Å². The minimum absolute atomic E-state index is 0.00343. The normalized spacial score (nSPS) is 11.3. The van der Waals surface area contributed by atoms with Gasteiger partial charge < -0.3 is 4.74 Å². The van der Waals surface area contributed by atoms with Crippen molar-refractivity contribution in [2.75, 3.05) is 6.61 Å². The third-order valence-electron chi connectivity index (χ3n) is 1.04. The van der Waals surface area contributed by atoms with Crippen LogP contribution in [0.4, 0.5) is 0 Å². The molecule has 2 heteroatoms. The Morgan fingerprint density at radius 2 is 2.10 bits per heavy atom. The van der Waals surface area contributed by atoms with E-state index < -0.39 is 0 Å². The molecule has 0 aromatic carbocycles. The minimum atomic E-state index is 0.00343. The molecule has 0 saturated heterocycles. The van der Waals surface area contributed by atoms with E-state index in [0.29, 0.717) is 12.4 Å². The van der Waals surface area contributed by atoms with Crippen LogP contribution in [0.2, 0.25) is 0 Å². The second-order valence-electron chi connectivity index (χ2n) is 1.97. The fraction of sp³-hybridized carbons (Fsp3) is 0.625. The number of carbonyl (C=O) groups excluding carboxylic acids is 1. The van der Waals surface area contributed by atoms with Crippen LogP contribution in [0.3, 0.4) is 0 Å². The number of ether oxygens (including phenoxy) is 1. The summed E-state index contributed by atoms with van der Waals surface area (Å²) in [6.45, 7) is 5.91.